The number of Topliss-reactive ketones (excluding diaryl/α,β-unsaturated/α-hetero) is 1. The molecule has 0 saturated heterocycles. The number of carbonyl (C=O) groups is 2. The van der Waals surface area contributed by atoms with Gasteiger partial charge in [-0.2, -0.15) is 0 Å². The Morgan fingerprint density at radius 2 is 1.93 bits per heavy atom. The number of hydrogen-bond acceptors (Lipinski definition) is 4. The van der Waals surface area contributed by atoms with Crippen molar-refractivity contribution in [1.29, 1.82) is 0 Å². The minimum Gasteiger partial charge on any atom is -0.355 e. The molecule has 0 atom stereocenters. The number of benzene rings is 1. The zero-order valence-electron chi connectivity index (χ0n) is 16.9. The van der Waals surface area contributed by atoms with Crippen LogP contribution in [0.3, 0.4) is 0 Å². The Labute approximate surface area is 172 Å². The molecular formula is C23H30N2O2S. The van der Waals surface area contributed by atoms with Gasteiger partial charge in [0.05, 0.1) is 0 Å². The lowest BCUT2D eigenvalue weighted by Gasteiger charge is -2.26. The molecular weight excluding hydrogens is 368 g/mol. The molecule has 0 fully saturated rings. The molecule has 2 heterocycles. The molecule has 0 radical (unpaired) electrons. The van der Waals surface area contributed by atoms with E-state index in [0.717, 1.165) is 32.5 Å². The predicted octanol–water partition coefficient (Wildman–Crippen LogP) is 4.08. The van der Waals surface area contributed by atoms with Crippen LogP contribution >= 0.6 is 11.3 Å². The van der Waals surface area contributed by atoms with E-state index >= 15 is 0 Å². The van der Waals surface area contributed by atoms with E-state index in [1.54, 1.807) is 0 Å². The molecule has 5 heteroatoms. The van der Waals surface area contributed by atoms with E-state index in [1.165, 1.54) is 16.0 Å². The lowest BCUT2D eigenvalue weighted by Crippen LogP contribution is -2.37. The van der Waals surface area contributed by atoms with Gasteiger partial charge in [-0.25, -0.2) is 0 Å². The van der Waals surface area contributed by atoms with Crippen molar-refractivity contribution in [3.8, 4) is 0 Å². The van der Waals surface area contributed by atoms with Gasteiger partial charge in [-0.1, -0.05) is 38.1 Å². The Kier molecular flexibility index (Phi) is 7.40. The molecule has 1 aliphatic rings. The highest BCUT2D eigenvalue weighted by Crippen LogP contribution is 2.23. The fraction of sp³-hybridized carbons (Fsp3) is 0.478. The molecule has 1 N–H and O–H groups in total. The molecule has 150 valence electrons. The monoisotopic (exact) mass is 398 g/mol. The highest BCUT2D eigenvalue weighted by Gasteiger charge is 2.17. The summed E-state index contributed by atoms with van der Waals surface area (Å²) in [6.45, 7) is 7.88. The molecule has 4 nitrogen and oxygen atoms in total. The standard InChI is InChI=1S/C23H30N2O2S/c1-17(2)15-18-3-5-19(6-4-18)21(26)7-8-23(27)24-11-13-25-12-9-22-20(16-25)10-14-28-22/h3-6,10,14,17H,7-9,11-13,15-16H2,1-2H3,(H,24,27). The van der Waals surface area contributed by atoms with Crippen molar-refractivity contribution in [2.75, 3.05) is 19.6 Å². The summed E-state index contributed by atoms with van der Waals surface area (Å²) in [7, 11) is 0. The molecule has 2 aromatic rings. The summed E-state index contributed by atoms with van der Waals surface area (Å²) < 4.78 is 0. The van der Waals surface area contributed by atoms with Crippen LogP contribution in [0.2, 0.25) is 0 Å². The van der Waals surface area contributed by atoms with Gasteiger partial charge in [-0.15, -0.1) is 11.3 Å². The lowest BCUT2D eigenvalue weighted by atomic mass is 9.99. The van der Waals surface area contributed by atoms with E-state index in [2.05, 4.69) is 35.5 Å². The minimum atomic E-state index is -0.0435. The summed E-state index contributed by atoms with van der Waals surface area (Å²) in [5.41, 5.74) is 3.37. The molecule has 1 aliphatic heterocycles. The normalized spacial score (nSPS) is 14.1. The quantitative estimate of drug-likeness (QED) is 0.648. The first kappa shape index (κ1) is 20.7. The maximum Gasteiger partial charge on any atom is 0.220 e. The van der Waals surface area contributed by atoms with Crippen LogP contribution in [-0.2, 0) is 24.2 Å². The zero-order valence-corrected chi connectivity index (χ0v) is 17.7. The molecule has 0 bridgehead atoms. The topological polar surface area (TPSA) is 49.4 Å². The molecule has 0 unspecified atom stereocenters. The minimum absolute atomic E-state index is 0.0345. The van der Waals surface area contributed by atoms with Crippen molar-refractivity contribution in [3.05, 3.63) is 57.3 Å². The van der Waals surface area contributed by atoms with Crippen molar-refractivity contribution < 1.29 is 9.59 Å². The average molecular weight is 399 g/mol. The fourth-order valence-electron chi connectivity index (χ4n) is 3.61. The Hall–Kier alpha value is -1.98. The van der Waals surface area contributed by atoms with E-state index in [1.807, 2.05) is 35.6 Å². The maximum absolute atomic E-state index is 12.3. The average Bonchev–Trinajstić information content (AvgIpc) is 3.14. The number of thiophene rings is 1. The zero-order chi connectivity index (χ0) is 19.9. The number of nitrogens with zero attached hydrogens (tertiary/aromatic N) is 1. The highest BCUT2D eigenvalue weighted by atomic mass is 32.1. The van der Waals surface area contributed by atoms with Gasteiger partial charge in [-0.05, 0) is 41.3 Å². The smallest absolute Gasteiger partial charge is 0.220 e. The van der Waals surface area contributed by atoms with E-state index in [9.17, 15) is 9.59 Å². The van der Waals surface area contributed by atoms with Gasteiger partial charge >= 0.3 is 0 Å². The van der Waals surface area contributed by atoms with E-state index in [4.69, 9.17) is 0 Å². The summed E-state index contributed by atoms with van der Waals surface area (Å²) in [6, 6.07) is 10.0. The van der Waals surface area contributed by atoms with Crippen LogP contribution in [-0.4, -0.2) is 36.2 Å². The lowest BCUT2D eigenvalue weighted by molar-refractivity contribution is -0.121. The van der Waals surface area contributed by atoms with E-state index in [-0.39, 0.29) is 24.5 Å². The molecule has 0 aliphatic carbocycles. The van der Waals surface area contributed by atoms with Gasteiger partial charge in [0.15, 0.2) is 5.78 Å². The second-order valence-electron chi connectivity index (χ2n) is 7.96. The number of hydrogen-bond donors (Lipinski definition) is 1. The second-order valence-corrected chi connectivity index (χ2v) is 8.96. The molecule has 28 heavy (non-hydrogen) atoms. The van der Waals surface area contributed by atoms with Crippen molar-refractivity contribution >= 4 is 23.0 Å². The number of ketones is 1. The van der Waals surface area contributed by atoms with Crippen molar-refractivity contribution in [1.82, 2.24) is 10.2 Å². The summed E-state index contributed by atoms with van der Waals surface area (Å²) in [6.07, 6.45) is 2.63. The third kappa shape index (κ3) is 6.01. The Bertz CT molecular complexity index is 795. The van der Waals surface area contributed by atoms with Crippen molar-refractivity contribution in [2.24, 2.45) is 5.92 Å². The number of amides is 1. The van der Waals surface area contributed by atoms with E-state index in [0.29, 0.717) is 18.0 Å². The predicted molar refractivity (Wildman–Crippen MR) is 115 cm³/mol. The summed E-state index contributed by atoms with van der Waals surface area (Å²) in [5, 5.41) is 5.11. The fourth-order valence-corrected chi connectivity index (χ4v) is 4.50. The van der Waals surface area contributed by atoms with Crippen LogP contribution in [0, 0.1) is 5.92 Å². The van der Waals surface area contributed by atoms with Crippen LogP contribution in [0.1, 0.15) is 53.1 Å². The van der Waals surface area contributed by atoms with Gasteiger partial charge < -0.3 is 5.32 Å². The molecule has 1 amide bonds. The first-order valence-corrected chi connectivity index (χ1v) is 11.1. The maximum atomic E-state index is 12.3. The number of fused-ring (bicyclic) bond motifs is 1. The Morgan fingerprint density at radius 1 is 1.14 bits per heavy atom. The van der Waals surface area contributed by atoms with Crippen molar-refractivity contribution in [2.45, 2.75) is 46.1 Å². The SMILES string of the molecule is CC(C)Cc1ccc(C(=O)CCC(=O)NCCN2CCc3sccc3C2)cc1. The molecule has 1 aromatic heterocycles. The summed E-state index contributed by atoms with van der Waals surface area (Å²) in [5.74, 6) is 0.591. The summed E-state index contributed by atoms with van der Waals surface area (Å²) >= 11 is 1.84. The van der Waals surface area contributed by atoms with Gasteiger partial charge in [0, 0.05) is 49.5 Å². The van der Waals surface area contributed by atoms with Gasteiger partial charge in [-0.3, -0.25) is 14.5 Å². The van der Waals surface area contributed by atoms with Crippen LogP contribution in [0.15, 0.2) is 35.7 Å². The summed E-state index contributed by atoms with van der Waals surface area (Å²) in [4.78, 5) is 28.3. The van der Waals surface area contributed by atoms with Crippen LogP contribution in [0.5, 0.6) is 0 Å². The first-order valence-electron chi connectivity index (χ1n) is 10.2. The highest BCUT2D eigenvalue weighted by molar-refractivity contribution is 7.10. The first-order chi connectivity index (χ1) is 13.5. The molecule has 0 spiro atoms. The Morgan fingerprint density at radius 3 is 2.68 bits per heavy atom. The van der Waals surface area contributed by atoms with Gasteiger partial charge in [0.25, 0.3) is 0 Å². The second kappa shape index (κ2) is 9.99. The molecule has 3 rings (SSSR count). The van der Waals surface area contributed by atoms with Crippen molar-refractivity contribution in [3.63, 3.8) is 0 Å². The number of carbonyl (C=O) groups excluding carboxylic acids is 2. The van der Waals surface area contributed by atoms with Crippen LogP contribution < -0.4 is 5.32 Å². The third-order valence-electron chi connectivity index (χ3n) is 5.14. The van der Waals surface area contributed by atoms with Crippen LogP contribution in [0.4, 0.5) is 0 Å². The van der Waals surface area contributed by atoms with E-state index < -0.39 is 0 Å². The van der Waals surface area contributed by atoms with Gasteiger partial charge in [0.2, 0.25) is 5.91 Å². The molecule has 0 saturated carbocycles. The Balaban J connectivity index is 1.34. The van der Waals surface area contributed by atoms with Gasteiger partial charge in [0.1, 0.15) is 0 Å². The molecule has 1 aromatic carbocycles. The number of nitrogens with one attached hydrogen (secondary N) is 1. The van der Waals surface area contributed by atoms with Crippen LogP contribution in [0.25, 0.3) is 0 Å². The largest absolute Gasteiger partial charge is 0.355 e. The number of rotatable bonds is 9. The third-order valence-corrected chi connectivity index (χ3v) is 6.16.